The molecule has 1 unspecified atom stereocenters. The van der Waals surface area contributed by atoms with Gasteiger partial charge >= 0.3 is 0 Å². The molecule has 0 bridgehead atoms. The first-order valence-corrected chi connectivity index (χ1v) is 14.0. The smallest absolute Gasteiger partial charge is 0.223 e. The van der Waals surface area contributed by atoms with Crippen molar-refractivity contribution < 1.29 is 14.3 Å². The Kier molecular flexibility index (Phi) is 7.53. The summed E-state index contributed by atoms with van der Waals surface area (Å²) in [4.78, 5) is 15.6. The molecule has 2 heterocycles. The van der Waals surface area contributed by atoms with Gasteiger partial charge in [-0.3, -0.25) is 4.79 Å². The summed E-state index contributed by atoms with van der Waals surface area (Å²) in [6, 6.07) is 34.7. The lowest BCUT2D eigenvalue weighted by Crippen LogP contribution is -2.29. The summed E-state index contributed by atoms with van der Waals surface area (Å²) in [6.07, 6.45) is 4.82. The molecule has 1 saturated heterocycles. The second kappa shape index (κ2) is 11.7. The normalized spacial score (nSPS) is 13.9. The molecule has 5 aromatic rings. The first kappa shape index (κ1) is 25.8. The number of hydrogen-bond acceptors (Lipinski definition) is 3. The van der Waals surface area contributed by atoms with Crippen LogP contribution in [-0.4, -0.2) is 35.6 Å². The van der Waals surface area contributed by atoms with Crippen molar-refractivity contribution in [2.45, 2.75) is 31.7 Å². The number of para-hydroxylation sites is 2. The molecule has 5 heteroatoms. The number of rotatable bonds is 9. The van der Waals surface area contributed by atoms with E-state index >= 15 is 0 Å². The maximum Gasteiger partial charge on any atom is 0.223 e. The van der Waals surface area contributed by atoms with E-state index in [9.17, 15) is 4.79 Å². The molecule has 1 atom stereocenters. The third-order valence-corrected chi connectivity index (χ3v) is 7.78. The van der Waals surface area contributed by atoms with Gasteiger partial charge in [-0.05, 0) is 72.0 Å². The van der Waals surface area contributed by atoms with Gasteiger partial charge in [-0.25, -0.2) is 0 Å². The molecule has 0 saturated carbocycles. The molecule has 0 aliphatic carbocycles. The van der Waals surface area contributed by atoms with Crippen LogP contribution >= 0.6 is 0 Å². The van der Waals surface area contributed by atoms with E-state index in [0.29, 0.717) is 6.42 Å². The number of amides is 1. The van der Waals surface area contributed by atoms with Gasteiger partial charge in [-0.1, -0.05) is 60.7 Å². The Labute approximate surface area is 235 Å². The van der Waals surface area contributed by atoms with Gasteiger partial charge in [0.05, 0.1) is 7.11 Å². The van der Waals surface area contributed by atoms with Crippen molar-refractivity contribution >= 4 is 16.8 Å². The van der Waals surface area contributed by atoms with Gasteiger partial charge in [0, 0.05) is 49.1 Å². The van der Waals surface area contributed by atoms with E-state index in [0.717, 1.165) is 66.4 Å². The molecule has 1 aliphatic rings. The molecule has 40 heavy (non-hydrogen) atoms. The van der Waals surface area contributed by atoms with Crippen LogP contribution in [0.5, 0.6) is 17.2 Å². The van der Waals surface area contributed by atoms with Crippen LogP contribution in [0.15, 0.2) is 109 Å². The molecule has 6 rings (SSSR count). The van der Waals surface area contributed by atoms with E-state index in [2.05, 4.69) is 59.3 Å². The molecule has 1 aliphatic heterocycles. The second-order valence-electron chi connectivity index (χ2n) is 10.4. The molecular formula is C35H34N2O3. The Morgan fingerprint density at radius 2 is 1.52 bits per heavy atom. The van der Waals surface area contributed by atoms with E-state index < -0.39 is 0 Å². The van der Waals surface area contributed by atoms with Crippen LogP contribution in [0.25, 0.3) is 10.9 Å². The van der Waals surface area contributed by atoms with E-state index in [1.54, 1.807) is 7.11 Å². The number of fused-ring (bicyclic) bond motifs is 1. The van der Waals surface area contributed by atoms with Gasteiger partial charge in [0.1, 0.15) is 17.2 Å². The van der Waals surface area contributed by atoms with Crippen molar-refractivity contribution in [2.24, 2.45) is 0 Å². The molecule has 0 spiro atoms. The van der Waals surface area contributed by atoms with Crippen LogP contribution in [0, 0.1) is 0 Å². The standard InChI is InChI=1S/C35H34N2O3/c1-39-28-18-16-26(17-19-28)24-37-25-33(31-14-5-6-15-34(31)37)32(23-35(38)36-20-7-8-21-36)27-10-9-13-30(22-27)40-29-11-3-2-4-12-29/h2-6,9-19,22,25,32H,7-8,20-21,23-24H2,1H3. The van der Waals surface area contributed by atoms with Crippen LogP contribution < -0.4 is 9.47 Å². The molecule has 202 valence electrons. The van der Waals surface area contributed by atoms with Crippen LogP contribution in [0.2, 0.25) is 0 Å². The molecule has 4 aromatic carbocycles. The fraction of sp³-hybridized carbons (Fsp3) is 0.229. The maximum absolute atomic E-state index is 13.5. The summed E-state index contributed by atoms with van der Waals surface area (Å²) in [5.74, 6) is 2.52. The van der Waals surface area contributed by atoms with Crippen molar-refractivity contribution in [1.29, 1.82) is 0 Å². The molecular weight excluding hydrogens is 496 g/mol. The van der Waals surface area contributed by atoms with Crippen molar-refractivity contribution in [1.82, 2.24) is 9.47 Å². The first-order chi connectivity index (χ1) is 19.7. The monoisotopic (exact) mass is 530 g/mol. The lowest BCUT2D eigenvalue weighted by atomic mass is 9.87. The summed E-state index contributed by atoms with van der Waals surface area (Å²) in [5, 5.41) is 1.17. The highest BCUT2D eigenvalue weighted by Gasteiger charge is 2.27. The number of hydrogen-bond donors (Lipinski definition) is 0. The highest BCUT2D eigenvalue weighted by molar-refractivity contribution is 5.87. The number of carbonyl (C=O) groups is 1. The number of likely N-dealkylation sites (tertiary alicyclic amines) is 1. The van der Waals surface area contributed by atoms with Gasteiger partial charge in [0.25, 0.3) is 0 Å². The fourth-order valence-corrected chi connectivity index (χ4v) is 5.71. The Morgan fingerprint density at radius 1 is 0.800 bits per heavy atom. The molecule has 1 aromatic heterocycles. The Balaban J connectivity index is 1.39. The van der Waals surface area contributed by atoms with Crippen molar-refractivity contribution in [3.63, 3.8) is 0 Å². The SMILES string of the molecule is COc1ccc(Cn2cc(C(CC(=O)N3CCCC3)c3cccc(Oc4ccccc4)c3)c3ccccc32)cc1. The summed E-state index contributed by atoms with van der Waals surface area (Å²) >= 11 is 0. The van der Waals surface area contributed by atoms with Crippen LogP contribution in [0.1, 0.15) is 41.9 Å². The van der Waals surface area contributed by atoms with Gasteiger partial charge in [-0.2, -0.15) is 0 Å². The third kappa shape index (κ3) is 5.59. The van der Waals surface area contributed by atoms with E-state index in [1.165, 1.54) is 10.9 Å². The lowest BCUT2D eigenvalue weighted by Gasteiger charge is -2.22. The summed E-state index contributed by atoms with van der Waals surface area (Å²) in [7, 11) is 1.68. The average Bonchev–Trinajstić information content (AvgIpc) is 3.66. The predicted molar refractivity (Wildman–Crippen MR) is 159 cm³/mol. The number of aromatic nitrogens is 1. The zero-order valence-electron chi connectivity index (χ0n) is 22.8. The molecule has 1 fully saturated rings. The van der Waals surface area contributed by atoms with Crippen molar-refractivity contribution in [3.05, 3.63) is 126 Å². The first-order valence-electron chi connectivity index (χ1n) is 14.0. The Morgan fingerprint density at radius 3 is 2.30 bits per heavy atom. The van der Waals surface area contributed by atoms with E-state index in [4.69, 9.17) is 9.47 Å². The topological polar surface area (TPSA) is 43.7 Å². The zero-order valence-corrected chi connectivity index (χ0v) is 22.8. The Bertz CT molecular complexity index is 1580. The minimum absolute atomic E-state index is 0.102. The number of ether oxygens (including phenoxy) is 2. The van der Waals surface area contributed by atoms with Crippen LogP contribution in [-0.2, 0) is 11.3 Å². The van der Waals surface area contributed by atoms with Crippen LogP contribution in [0.4, 0.5) is 0 Å². The highest BCUT2D eigenvalue weighted by Crippen LogP contribution is 2.37. The number of carbonyl (C=O) groups excluding carboxylic acids is 1. The van der Waals surface area contributed by atoms with Gasteiger partial charge < -0.3 is 18.9 Å². The van der Waals surface area contributed by atoms with E-state index in [-0.39, 0.29) is 11.8 Å². The minimum Gasteiger partial charge on any atom is -0.497 e. The average molecular weight is 531 g/mol. The predicted octanol–water partition coefficient (Wildman–Crippen LogP) is 7.63. The summed E-state index contributed by atoms with van der Waals surface area (Å²) in [6.45, 7) is 2.43. The molecule has 1 amide bonds. The number of benzene rings is 4. The summed E-state index contributed by atoms with van der Waals surface area (Å²) < 4.78 is 13.8. The zero-order chi connectivity index (χ0) is 27.3. The highest BCUT2D eigenvalue weighted by atomic mass is 16.5. The lowest BCUT2D eigenvalue weighted by molar-refractivity contribution is -0.130. The molecule has 0 radical (unpaired) electrons. The fourth-order valence-electron chi connectivity index (χ4n) is 5.71. The largest absolute Gasteiger partial charge is 0.497 e. The van der Waals surface area contributed by atoms with Gasteiger partial charge in [-0.15, -0.1) is 0 Å². The number of methoxy groups -OCH3 is 1. The van der Waals surface area contributed by atoms with E-state index in [1.807, 2.05) is 59.5 Å². The van der Waals surface area contributed by atoms with Crippen LogP contribution in [0.3, 0.4) is 0 Å². The van der Waals surface area contributed by atoms with Gasteiger partial charge in [0.2, 0.25) is 5.91 Å². The molecule has 5 nitrogen and oxygen atoms in total. The molecule has 0 N–H and O–H groups in total. The quantitative estimate of drug-likeness (QED) is 0.197. The van der Waals surface area contributed by atoms with Gasteiger partial charge in [0.15, 0.2) is 0 Å². The van der Waals surface area contributed by atoms with Crippen molar-refractivity contribution in [2.75, 3.05) is 20.2 Å². The maximum atomic E-state index is 13.5. The minimum atomic E-state index is -0.102. The second-order valence-corrected chi connectivity index (χ2v) is 10.4. The third-order valence-electron chi connectivity index (χ3n) is 7.78. The summed E-state index contributed by atoms with van der Waals surface area (Å²) in [5.41, 5.74) is 4.58. The number of nitrogens with zero attached hydrogens (tertiary/aromatic N) is 2. The van der Waals surface area contributed by atoms with Crippen molar-refractivity contribution in [3.8, 4) is 17.2 Å². The Hall–Kier alpha value is -4.51.